The SMILES string of the molecule is CCCNC(c1ccc(Br)cc1)C1CCCC(C)C1. The monoisotopic (exact) mass is 323 g/mol. The summed E-state index contributed by atoms with van der Waals surface area (Å²) in [7, 11) is 0. The minimum absolute atomic E-state index is 0.538. The molecule has 3 atom stereocenters. The minimum Gasteiger partial charge on any atom is -0.310 e. The third kappa shape index (κ3) is 4.32. The molecule has 1 aromatic carbocycles. The molecule has 106 valence electrons. The van der Waals surface area contributed by atoms with Crippen molar-refractivity contribution < 1.29 is 0 Å². The molecule has 1 aliphatic carbocycles. The third-order valence-corrected chi connectivity index (χ3v) is 4.82. The maximum absolute atomic E-state index is 3.78. The molecule has 0 amide bonds. The summed E-state index contributed by atoms with van der Waals surface area (Å²) >= 11 is 3.53. The van der Waals surface area contributed by atoms with Crippen LogP contribution in [0.5, 0.6) is 0 Å². The molecule has 0 heterocycles. The summed E-state index contributed by atoms with van der Waals surface area (Å²) in [4.78, 5) is 0. The van der Waals surface area contributed by atoms with Crippen molar-refractivity contribution in [2.75, 3.05) is 6.54 Å². The van der Waals surface area contributed by atoms with Gasteiger partial charge in [0.1, 0.15) is 0 Å². The summed E-state index contributed by atoms with van der Waals surface area (Å²) in [6, 6.07) is 9.42. The van der Waals surface area contributed by atoms with Gasteiger partial charge in [-0.2, -0.15) is 0 Å². The molecule has 1 aliphatic rings. The first-order chi connectivity index (χ1) is 9.20. The number of halogens is 1. The van der Waals surface area contributed by atoms with E-state index in [9.17, 15) is 0 Å². The molecule has 0 aliphatic heterocycles. The molecule has 1 fully saturated rings. The van der Waals surface area contributed by atoms with Crippen molar-refractivity contribution >= 4 is 15.9 Å². The van der Waals surface area contributed by atoms with Crippen LogP contribution in [0.25, 0.3) is 0 Å². The standard InChI is InChI=1S/C17H26BrN/c1-3-11-19-17(14-7-9-16(18)10-8-14)15-6-4-5-13(2)12-15/h7-10,13,15,17,19H,3-6,11-12H2,1-2H3. The van der Waals surface area contributed by atoms with Gasteiger partial charge in [-0.05, 0) is 55.3 Å². The molecule has 0 bridgehead atoms. The highest BCUT2D eigenvalue weighted by molar-refractivity contribution is 9.10. The highest BCUT2D eigenvalue weighted by atomic mass is 79.9. The van der Waals surface area contributed by atoms with Crippen LogP contribution in [0.3, 0.4) is 0 Å². The van der Waals surface area contributed by atoms with Crippen LogP contribution in [0.2, 0.25) is 0 Å². The quantitative estimate of drug-likeness (QED) is 0.773. The highest BCUT2D eigenvalue weighted by Gasteiger charge is 2.27. The van der Waals surface area contributed by atoms with E-state index < -0.39 is 0 Å². The van der Waals surface area contributed by atoms with Gasteiger partial charge in [0.15, 0.2) is 0 Å². The second-order valence-electron chi connectivity index (χ2n) is 6.02. The lowest BCUT2D eigenvalue weighted by molar-refractivity contribution is 0.224. The lowest BCUT2D eigenvalue weighted by atomic mass is 9.76. The Balaban J connectivity index is 2.12. The van der Waals surface area contributed by atoms with Gasteiger partial charge in [0.2, 0.25) is 0 Å². The largest absolute Gasteiger partial charge is 0.310 e. The van der Waals surface area contributed by atoms with E-state index in [0.29, 0.717) is 6.04 Å². The zero-order chi connectivity index (χ0) is 13.7. The molecule has 0 aromatic heterocycles. The van der Waals surface area contributed by atoms with Gasteiger partial charge in [0, 0.05) is 10.5 Å². The van der Waals surface area contributed by atoms with E-state index in [2.05, 4.69) is 59.4 Å². The average molecular weight is 324 g/mol. The van der Waals surface area contributed by atoms with Gasteiger partial charge in [0.05, 0.1) is 0 Å². The molecule has 1 N–H and O–H groups in total. The summed E-state index contributed by atoms with van der Waals surface area (Å²) in [6.07, 6.45) is 6.76. The van der Waals surface area contributed by atoms with Gasteiger partial charge < -0.3 is 5.32 Å². The number of hydrogen-bond acceptors (Lipinski definition) is 1. The van der Waals surface area contributed by atoms with E-state index in [4.69, 9.17) is 0 Å². The smallest absolute Gasteiger partial charge is 0.0348 e. The van der Waals surface area contributed by atoms with Crippen LogP contribution in [-0.4, -0.2) is 6.54 Å². The minimum atomic E-state index is 0.538. The van der Waals surface area contributed by atoms with Gasteiger partial charge >= 0.3 is 0 Å². The molecule has 19 heavy (non-hydrogen) atoms. The summed E-state index contributed by atoms with van der Waals surface area (Å²) in [5, 5.41) is 3.78. The summed E-state index contributed by atoms with van der Waals surface area (Å²) in [5.41, 5.74) is 1.45. The summed E-state index contributed by atoms with van der Waals surface area (Å²) < 4.78 is 1.17. The van der Waals surface area contributed by atoms with Crippen LogP contribution in [0, 0.1) is 11.8 Å². The first kappa shape index (κ1) is 15.1. The molecule has 1 aromatic rings. The molecule has 2 rings (SSSR count). The summed E-state index contributed by atoms with van der Waals surface area (Å²) in [6.45, 7) is 5.77. The van der Waals surface area contributed by atoms with E-state index in [1.807, 2.05) is 0 Å². The van der Waals surface area contributed by atoms with E-state index in [1.165, 1.54) is 42.1 Å². The Bertz CT molecular complexity index is 373. The molecule has 0 spiro atoms. The van der Waals surface area contributed by atoms with Crippen LogP contribution in [0.15, 0.2) is 28.7 Å². The van der Waals surface area contributed by atoms with Crippen molar-refractivity contribution in [1.82, 2.24) is 5.32 Å². The fraction of sp³-hybridized carbons (Fsp3) is 0.647. The van der Waals surface area contributed by atoms with E-state index in [-0.39, 0.29) is 0 Å². The van der Waals surface area contributed by atoms with Gasteiger partial charge in [-0.25, -0.2) is 0 Å². The van der Waals surface area contributed by atoms with Crippen LogP contribution in [0.4, 0.5) is 0 Å². The molecule has 0 saturated heterocycles. The predicted octanol–water partition coefficient (Wildman–Crippen LogP) is 5.32. The lowest BCUT2D eigenvalue weighted by Gasteiger charge is -2.34. The van der Waals surface area contributed by atoms with Gasteiger partial charge in [-0.15, -0.1) is 0 Å². The Labute approximate surface area is 126 Å². The van der Waals surface area contributed by atoms with Gasteiger partial charge in [-0.1, -0.05) is 54.8 Å². The topological polar surface area (TPSA) is 12.0 Å². The number of hydrogen-bond donors (Lipinski definition) is 1. The van der Waals surface area contributed by atoms with Gasteiger partial charge in [0.25, 0.3) is 0 Å². The molecular weight excluding hydrogens is 298 g/mol. The predicted molar refractivity (Wildman–Crippen MR) is 86.3 cm³/mol. The van der Waals surface area contributed by atoms with Crippen LogP contribution >= 0.6 is 15.9 Å². The average Bonchev–Trinajstić information content (AvgIpc) is 2.41. The maximum atomic E-state index is 3.78. The fourth-order valence-electron chi connectivity index (χ4n) is 3.31. The first-order valence-corrected chi connectivity index (χ1v) is 8.49. The fourth-order valence-corrected chi connectivity index (χ4v) is 3.57. The zero-order valence-electron chi connectivity index (χ0n) is 12.2. The maximum Gasteiger partial charge on any atom is 0.0348 e. The Morgan fingerprint density at radius 1 is 1.26 bits per heavy atom. The van der Waals surface area contributed by atoms with Crippen LogP contribution < -0.4 is 5.32 Å². The molecular formula is C17H26BrN. The highest BCUT2D eigenvalue weighted by Crippen LogP contribution is 2.37. The van der Waals surface area contributed by atoms with Crippen molar-refractivity contribution in [3.63, 3.8) is 0 Å². The molecule has 1 saturated carbocycles. The van der Waals surface area contributed by atoms with E-state index in [1.54, 1.807) is 0 Å². The Hall–Kier alpha value is -0.340. The van der Waals surface area contributed by atoms with Crippen LogP contribution in [0.1, 0.15) is 57.6 Å². The Morgan fingerprint density at radius 2 is 2.00 bits per heavy atom. The van der Waals surface area contributed by atoms with Crippen LogP contribution in [-0.2, 0) is 0 Å². The second kappa shape index (κ2) is 7.44. The van der Waals surface area contributed by atoms with Crippen molar-refractivity contribution in [1.29, 1.82) is 0 Å². The zero-order valence-corrected chi connectivity index (χ0v) is 13.7. The third-order valence-electron chi connectivity index (χ3n) is 4.29. The Morgan fingerprint density at radius 3 is 2.63 bits per heavy atom. The number of rotatable bonds is 5. The van der Waals surface area contributed by atoms with Crippen molar-refractivity contribution in [2.45, 2.75) is 52.0 Å². The van der Waals surface area contributed by atoms with Crippen molar-refractivity contribution in [3.8, 4) is 0 Å². The van der Waals surface area contributed by atoms with Gasteiger partial charge in [-0.3, -0.25) is 0 Å². The van der Waals surface area contributed by atoms with E-state index >= 15 is 0 Å². The van der Waals surface area contributed by atoms with Crippen molar-refractivity contribution in [2.24, 2.45) is 11.8 Å². The number of nitrogens with one attached hydrogen (secondary N) is 1. The molecule has 0 radical (unpaired) electrons. The molecule has 3 unspecified atom stereocenters. The second-order valence-corrected chi connectivity index (χ2v) is 6.93. The normalized spacial score (nSPS) is 25.2. The first-order valence-electron chi connectivity index (χ1n) is 7.69. The lowest BCUT2D eigenvalue weighted by Crippen LogP contribution is -2.31. The molecule has 1 nitrogen and oxygen atoms in total. The van der Waals surface area contributed by atoms with E-state index in [0.717, 1.165) is 18.4 Å². The number of benzene rings is 1. The summed E-state index contributed by atoms with van der Waals surface area (Å²) in [5.74, 6) is 1.69. The van der Waals surface area contributed by atoms with Crippen molar-refractivity contribution in [3.05, 3.63) is 34.3 Å². The molecule has 2 heteroatoms. The Kier molecular flexibility index (Phi) is 5.90.